The van der Waals surface area contributed by atoms with E-state index in [1.807, 2.05) is 22.8 Å². The van der Waals surface area contributed by atoms with E-state index in [9.17, 15) is 4.79 Å². The van der Waals surface area contributed by atoms with E-state index in [0.717, 1.165) is 49.0 Å². The molecule has 0 bridgehead atoms. The molecule has 1 N–H and O–H groups in total. The van der Waals surface area contributed by atoms with Gasteiger partial charge in [0.2, 0.25) is 0 Å². The van der Waals surface area contributed by atoms with E-state index in [0.29, 0.717) is 0 Å². The van der Waals surface area contributed by atoms with Crippen molar-refractivity contribution in [3.63, 3.8) is 0 Å². The highest BCUT2D eigenvalue weighted by molar-refractivity contribution is 6.31. The number of imidazole rings is 1. The predicted octanol–water partition coefficient (Wildman–Crippen LogP) is 3.48. The molecule has 0 saturated carbocycles. The van der Waals surface area contributed by atoms with Gasteiger partial charge in [0.25, 0.3) is 0 Å². The van der Waals surface area contributed by atoms with E-state index >= 15 is 0 Å². The Balaban J connectivity index is 0.000000164. The van der Waals surface area contributed by atoms with Crippen LogP contribution in [0.2, 0.25) is 5.02 Å². The first-order chi connectivity index (χ1) is 10.6. The van der Waals surface area contributed by atoms with Crippen molar-refractivity contribution in [3.05, 3.63) is 52.6 Å². The van der Waals surface area contributed by atoms with Crippen LogP contribution in [0.25, 0.3) is 0 Å². The molecule has 0 unspecified atom stereocenters. The molecule has 0 atom stereocenters. The maximum atomic E-state index is 11.1. The van der Waals surface area contributed by atoms with Crippen molar-refractivity contribution in [2.75, 3.05) is 6.54 Å². The van der Waals surface area contributed by atoms with Crippen molar-refractivity contribution in [3.8, 4) is 0 Å². The average molecular weight is 320 g/mol. The minimum absolute atomic E-state index is 0.0932. The summed E-state index contributed by atoms with van der Waals surface area (Å²) in [6, 6.07) is 8.00. The summed E-state index contributed by atoms with van der Waals surface area (Å²) in [6.07, 6.45) is 3.90. The van der Waals surface area contributed by atoms with Crippen LogP contribution in [0.1, 0.15) is 42.1 Å². The van der Waals surface area contributed by atoms with E-state index in [4.69, 9.17) is 11.6 Å². The number of nitrogens with zero attached hydrogens (tertiary/aromatic N) is 2. The number of aryl methyl sites for hydroxylation is 1. The van der Waals surface area contributed by atoms with Crippen molar-refractivity contribution in [2.45, 2.75) is 39.8 Å². The Labute approximate surface area is 136 Å². The van der Waals surface area contributed by atoms with Gasteiger partial charge in [0.05, 0.1) is 12.7 Å². The van der Waals surface area contributed by atoms with Crippen LogP contribution in [0.3, 0.4) is 0 Å². The second kappa shape index (κ2) is 8.11. The van der Waals surface area contributed by atoms with Crippen molar-refractivity contribution < 1.29 is 4.79 Å². The van der Waals surface area contributed by atoms with Crippen LogP contribution in [0.15, 0.2) is 30.5 Å². The molecule has 1 aliphatic heterocycles. The smallest absolute Gasteiger partial charge is 0.177 e. The molecule has 0 amide bonds. The van der Waals surface area contributed by atoms with Gasteiger partial charge in [0, 0.05) is 25.0 Å². The fraction of sp³-hybridized carbons (Fsp3) is 0.412. The molecule has 0 radical (unpaired) electrons. The zero-order valence-corrected chi connectivity index (χ0v) is 13.9. The number of halogens is 1. The van der Waals surface area contributed by atoms with Crippen molar-refractivity contribution >= 4 is 17.4 Å². The number of rotatable bonds is 3. The number of hydrogen-bond acceptors (Lipinski definition) is 3. The lowest BCUT2D eigenvalue weighted by Crippen LogP contribution is -2.29. The highest BCUT2D eigenvalue weighted by Crippen LogP contribution is 2.15. The van der Waals surface area contributed by atoms with Crippen LogP contribution in [0, 0.1) is 0 Å². The number of benzene rings is 1. The monoisotopic (exact) mass is 319 g/mol. The second-order valence-electron chi connectivity index (χ2n) is 5.29. The SMILES string of the molecule is CC(=O)c1cnc2n1CCNC2.CCCc1ccccc1Cl. The molecule has 2 heterocycles. The summed E-state index contributed by atoms with van der Waals surface area (Å²) >= 11 is 5.90. The van der Waals surface area contributed by atoms with Gasteiger partial charge in [-0.2, -0.15) is 0 Å². The van der Waals surface area contributed by atoms with Gasteiger partial charge in [-0.25, -0.2) is 4.98 Å². The summed E-state index contributed by atoms with van der Waals surface area (Å²) in [7, 11) is 0. The quantitative estimate of drug-likeness (QED) is 0.881. The molecule has 0 spiro atoms. The van der Waals surface area contributed by atoms with Crippen LogP contribution in [0.5, 0.6) is 0 Å². The Kier molecular flexibility index (Phi) is 6.16. The summed E-state index contributed by atoms with van der Waals surface area (Å²) in [4.78, 5) is 15.3. The predicted molar refractivity (Wildman–Crippen MR) is 89.4 cm³/mol. The Hall–Kier alpha value is -1.65. The lowest BCUT2D eigenvalue weighted by Gasteiger charge is -2.16. The molecule has 5 heteroatoms. The molecular weight excluding hydrogens is 298 g/mol. The molecule has 1 aromatic carbocycles. The van der Waals surface area contributed by atoms with Crippen LogP contribution < -0.4 is 5.32 Å². The van der Waals surface area contributed by atoms with Crippen LogP contribution >= 0.6 is 11.6 Å². The molecule has 118 valence electrons. The molecule has 0 fully saturated rings. The molecule has 0 saturated heterocycles. The first-order valence-electron chi connectivity index (χ1n) is 7.63. The third-order valence-electron chi connectivity index (χ3n) is 3.57. The lowest BCUT2D eigenvalue weighted by molar-refractivity contribution is 0.100. The first-order valence-corrected chi connectivity index (χ1v) is 8.00. The van der Waals surface area contributed by atoms with Gasteiger partial charge in [-0.3, -0.25) is 4.79 Å². The molecule has 1 aromatic heterocycles. The van der Waals surface area contributed by atoms with Gasteiger partial charge >= 0.3 is 0 Å². The second-order valence-corrected chi connectivity index (χ2v) is 5.69. The summed E-state index contributed by atoms with van der Waals surface area (Å²) in [5.74, 6) is 1.06. The van der Waals surface area contributed by atoms with Gasteiger partial charge in [-0.1, -0.05) is 43.1 Å². The molecule has 3 rings (SSSR count). The standard InChI is InChI=1S/C9H11Cl.C8H11N3O/c1-2-5-8-6-3-4-7-9(8)10;1-6(12)7-4-10-8-5-9-2-3-11(7)8/h3-4,6-7H,2,5H2,1H3;4,9H,2-3,5H2,1H3. The number of ketones is 1. The molecule has 22 heavy (non-hydrogen) atoms. The molecule has 1 aliphatic rings. The highest BCUT2D eigenvalue weighted by atomic mass is 35.5. The molecular formula is C17H22ClN3O. The Morgan fingerprint density at radius 1 is 1.41 bits per heavy atom. The average Bonchev–Trinajstić information content (AvgIpc) is 2.95. The Morgan fingerprint density at radius 3 is 2.86 bits per heavy atom. The summed E-state index contributed by atoms with van der Waals surface area (Å²) in [5.41, 5.74) is 1.98. The topological polar surface area (TPSA) is 46.9 Å². The number of Topliss-reactive ketones (excluding diaryl/α,β-unsaturated/α-hetero) is 1. The zero-order valence-electron chi connectivity index (χ0n) is 13.1. The molecule has 0 aliphatic carbocycles. The van der Waals surface area contributed by atoms with Gasteiger partial charge in [0.1, 0.15) is 11.5 Å². The fourth-order valence-corrected chi connectivity index (χ4v) is 2.68. The van der Waals surface area contributed by atoms with E-state index in [1.54, 1.807) is 13.1 Å². The van der Waals surface area contributed by atoms with E-state index in [2.05, 4.69) is 23.3 Å². The van der Waals surface area contributed by atoms with Gasteiger partial charge in [-0.05, 0) is 18.1 Å². The summed E-state index contributed by atoms with van der Waals surface area (Å²) in [5, 5.41) is 4.09. The number of fused-ring (bicyclic) bond motifs is 1. The van der Waals surface area contributed by atoms with Crippen molar-refractivity contribution in [1.29, 1.82) is 0 Å². The Bertz CT molecular complexity index is 637. The largest absolute Gasteiger partial charge is 0.323 e. The maximum Gasteiger partial charge on any atom is 0.177 e. The summed E-state index contributed by atoms with van der Waals surface area (Å²) in [6.45, 7) is 6.27. The maximum absolute atomic E-state index is 11.1. The van der Waals surface area contributed by atoms with Crippen molar-refractivity contribution in [1.82, 2.24) is 14.9 Å². The third kappa shape index (κ3) is 4.18. The number of nitrogens with one attached hydrogen (secondary N) is 1. The van der Waals surface area contributed by atoms with Crippen molar-refractivity contribution in [2.24, 2.45) is 0 Å². The lowest BCUT2D eigenvalue weighted by atomic mass is 10.1. The van der Waals surface area contributed by atoms with Crippen LogP contribution in [-0.4, -0.2) is 21.9 Å². The number of aromatic nitrogens is 2. The third-order valence-corrected chi connectivity index (χ3v) is 3.94. The fourth-order valence-electron chi connectivity index (χ4n) is 2.45. The number of hydrogen-bond donors (Lipinski definition) is 1. The Morgan fingerprint density at radius 2 is 2.18 bits per heavy atom. The molecule has 2 aromatic rings. The first kappa shape index (κ1) is 16.7. The van der Waals surface area contributed by atoms with E-state index in [-0.39, 0.29) is 5.78 Å². The van der Waals surface area contributed by atoms with Crippen LogP contribution in [-0.2, 0) is 19.5 Å². The van der Waals surface area contributed by atoms with Gasteiger partial charge < -0.3 is 9.88 Å². The van der Waals surface area contributed by atoms with Crippen LogP contribution in [0.4, 0.5) is 0 Å². The number of carbonyl (C=O) groups is 1. The molecule has 4 nitrogen and oxygen atoms in total. The van der Waals surface area contributed by atoms with E-state index in [1.165, 1.54) is 5.56 Å². The normalized spacial score (nSPS) is 13.0. The minimum atomic E-state index is 0.0932. The van der Waals surface area contributed by atoms with E-state index < -0.39 is 0 Å². The zero-order chi connectivity index (χ0) is 15.9. The number of carbonyl (C=O) groups excluding carboxylic acids is 1. The van der Waals surface area contributed by atoms with Gasteiger partial charge in [-0.15, -0.1) is 0 Å². The minimum Gasteiger partial charge on any atom is -0.323 e. The summed E-state index contributed by atoms with van der Waals surface area (Å²) < 4.78 is 1.98. The highest BCUT2D eigenvalue weighted by Gasteiger charge is 2.15. The van der Waals surface area contributed by atoms with Gasteiger partial charge in [0.15, 0.2) is 5.78 Å².